The summed E-state index contributed by atoms with van der Waals surface area (Å²) in [7, 11) is 0. The summed E-state index contributed by atoms with van der Waals surface area (Å²) in [5.74, 6) is -4.88. The van der Waals surface area contributed by atoms with Crippen LogP contribution in [0.4, 0.5) is 23.7 Å². The van der Waals surface area contributed by atoms with E-state index in [0.717, 1.165) is 17.0 Å². The quantitative estimate of drug-likeness (QED) is 0.776. The summed E-state index contributed by atoms with van der Waals surface area (Å²) in [5.41, 5.74) is -0.400. The molecule has 1 aromatic rings. The molecule has 0 bridgehead atoms. The van der Waals surface area contributed by atoms with Crippen LogP contribution in [0.1, 0.15) is 6.92 Å². The number of benzene rings is 1. The number of piperazine rings is 1. The van der Waals surface area contributed by atoms with Gasteiger partial charge in [0.05, 0.1) is 38.5 Å². The van der Waals surface area contributed by atoms with Gasteiger partial charge in [-0.05, 0) is 19.1 Å². The van der Waals surface area contributed by atoms with E-state index >= 15 is 0 Å². The van der Waals surface area contributed by atoms with Crippen LogP contribution in [0.15, 0.2) is 12.1 Å². The molecule has 0 aromatic heterocycles. The molecule has 1 saturated heterocycles. The maximum absolute atomic E-state index is 13.5. The van der Waals surface area contributed by atoms with Gasteiger partial charge in [0.25, 0.3) is 5.91 Å². The Kier molecular flexibility index (Phi) is 6.02. The Morgan fingerprint density at radius 2 is 1.88 bits per heavy atom. The second-order valence-corrected chi connectivity index (χ2v) is 5.38. The number of nitrogens with zero attached hydrogens (tertiary/aromatic N) is 1. The molecule has 0 unspecified atom stereocenters. The van der Waals surface area contributed by atoms with Crippen LogP contribution < -0.4 is 10.2 Å². The fraction of sp³-hybridized carbons (Fsp3) is 0.467. The lowest BCUT2D eigenvalue weighted by atomic mass is 10.2. The van der Waals surface area contributed by atoms with Crippen LogP contribution in [0.5, 0.6) is 0 Å². The van der Waals surface area contributed by atoms with Gasteiger partial charge in [-0.3, -0.25) is 9.69 Å². The predicted octanol–water partition coefficient (Wildman–Crippen LogP) is 0.399. The summed E-state index contributed by atoms with van der Waals surface area (Å²) in [6.45, 7) is 4.02. The Balaban J connectivity index is 1.84. The summed E-state index contributed by atoms with van der Waals surface area (Å²) < 4.78 is 44.4. The molecule has 132 valence electrons. The minimum Gasteiger partial charge on any atom is -0.450 e. The Bertz CT molecular complexity index is 619. The van der Waals surface area contributed by atoms with E-state index < -0.39 is 29.0 Å². The molecule has 2 N–H and O–H groups in total. The van der Waals surface area contributed by atoms with Crippen LogP contribution in [-0.4, -0.2) is 56.2 Å². The molecule has 0 radical (unpaired) electrons. The maximum Gasteiger partial charge on any atom is 0.410 e. The van der Waals surface area contributed by atoms with E-state index in [1.807, 2.05) is 0 Å². The highest BCUT2D eigenvalue weighted by molar-refractivity contribution is 5.91. The SMILES string of the molecule is CCOC(=O)N1CC[NH+](CC(=O)Nc2ccc(F)c(F)c2F)CC1. The van der Waals surface area contributed by atoms with Crippen molar-refractivity contribution in [3.05, 3.63) is 29.6 Å². The van der Waals surface area contributed by atoms with E-state index in [-0.39, 0.29) is 12.6 Å². The minimum atomic E-state index is -1.62. The van der Waals surface area contributed by atoms with Gasteiger partial charge in [0.1, 0.15) is 0 Å². The Hall–Kier alpha value is -2.29. The lowest BCUT2D eigenvalue weighted by molar-refractivity contribution is -0.895. The Labute approximate surface area is 137 Å². The number of amides is 2. The highest BCUT2D eigenvalue weighted by atomic mass is 19.2. The number of rotatable bonds is 4. The molecule has 1 fully saturated rings. The van der Waals surface area contributed by atoms with Gasteiger partial charge in [0.15, 0.2) is 24.0 Å². The Morgan fingerprint density at radius 3 is 2.50 bits per heavy atom. The van der Waals surface area contributed by atoms with Gasteiger partial charge in [0, 0.05) is 0 Å². The van der Waals surface area contributed by atoms with Crippen molar-refractivity contribution in [1.82, 2.24) is 4.90 Å². The lowest BCUT2D eigenvalue weighted by Gasteiger charge is -2.31. The number of halogens is 3. The molecule has 0 atom stereocenters. The van der Waals surface area contributed by atoms with Crippen molar-refractivity contribution in [1.29, 1.82) is 0 Å². The van der Waals surface area contributed by atoms with Gasteiger partial charge in [-0.15, -0.1) is 0 Å². The van der Waals surface area contributed by atoms with Crippen LogP contribution in [0.25, 0.3) is 0 Å². The first-order chi connectivity index (χ1) is 11.4. The van der Waals surface area contributed by atoms with Gasteiger partial charge in [0.2, 0.25) is 0 Å². The first kappa shape index (κ1) is 18.1. The van der Waals surface area contributed by atoms with Crippen molar-refractivity contribution in [3.63, 3.8) is 0 Å². The van der Waals surface area contributed by atoms with Crippen LogP contribution in [0.3, 0.4) is 0 Å². The summed E-state index contributed by atoms with van der Waals surface area (Å²) >= 11 is 0. The molecule has 1 heterocycles. The molecule has 0 saturated carbocycles. The number of hydrogen-bond donors (Lipinski definition) is 2. The zero-order chi connectivity index (χ0) is 17.7. The molecule has 2 amide bonds. The maximum atomic E-state index is 13.5. The van der Waals surface area contributed by atoms with Gasteiger partial charge in [-0.25, -0.2) is 18.0 Å². The number of hydrogen-bond acceptors (Lipinski definition) is 3. The standard InChI is InChI=1S/C15H18F3N3O3/c1-2-24-15(23)21-7-5-20(6-8-21)9-12(22)19-11-4-3-10(16)13(17)14(11)18/h3-4H,2,5-9H2,1H3,(H,19,22)/p+1. The van der Waals surface area contributed by atoms with Gasteiger partial charge >= 0.3 is 6.09 Å². The number of carbonyl (C=O) groups excluding carboxylic acids is 2. The molecular formula is C15H19F3N3O3+. The topological polar surface area (TPSA) is 63.1 Å². The van der Waals surface area contributed by atoms with Crippen molar-refractivity contribution in [2.75, 3.05) is 44.6 Å². The van der Waals surface area contributed by atoms with Crippen molar-refractivity contribution in [2.24, 2.45) is 0 Å². The van der Waals surface area contributed by atoms with E-state index in [1.54, 1.807) is 11.8 Å². The molecule has 1 aliphatic heterocycles. The number of quaternary nitrogens is 1. The molecule has 1 aromatic carbocycles. The molecule has 0 spiro atoms. The minimum absolute atomic E-state index is 0.0368. The molecular weight excluding hydrogens is 327 g/mol. The van der Waals surface area contributed by atoms with Crippen LogP contribution in [0.2, 0.25) is 0 Å². The average Bonchev–Trinajstić information content (AvgIpc) is 2.56. The van der Waals surface area contributed by atoms with E-state index in [2.05, 4.69) is 5.32 Å². The smallest absolute Gasteiger partial charge is 0.410 e. The average molecular weight is 346 g/mol. The second-order valence-electron chi connectivity index (χ2n) is 5.38. The van der Waals surface area contributed by atoms with Gasteiger partial charge in [-0.1, -0.05) is 0 Å². The van der Waals surface area contributed by atoms with E-state index in [4.69, 9.17) is 4.74 Å². The van der Waals surface area contributed by atoms with Crippen LogP contribution in [-0.2, 0) is 9.53 Å². The number of ether oxygens (including phenoxy) is 1. The Morgan fingerprint density at radius 1 is 1.21 bits per heavy atom. The molecule has 6 nitrogen and oxygen atoms in total. The molecule has 24 heavy (non-hydrogen) atoms. The third-order valence-electron chi connectivity index (χ3n) is 3.72. The first-order valence-electron chi connectivity index (χ1n) is 7.61. The monoisotopic (exact) mass is 346 g/mol. The molecule has 9 heteroatoms. The zero-order valence-electron chi connectivity index (χ0n) is 13.2. The zero-order valence-corrected chi connectivity index (χ0v) is 13.2. The van der Waals surface area contributed by atoms with Gasteiger partial charge in [-0.2, -0.15) is 0 Å². The van der Waals surface area contributed by atoms with E-state index in [1.165, 1.54) is 0 Å². The van der Waals surface area contributed by atoms with E-state index in [9.17, 15) is 22.8 Å². The number of anilines is 1. The third-order valence-corrected chi connectivity index (χ3v) is 3.72. The fourth-order valence-corrected chi connectivity index (χ4v) is 2.44. The number of carbonyl (C=O) groups is 2. The summed E-state index contributed by atoms with van der Waals surface area (Å²) in [5, 5.41) is 2.23. The van der Waals surface area contributed by atoms with Gasteiger partial charge < -0.3 is 15.0 Å². The van der Waals surface area contributed by atoms with Crippen molar-refractivity contribution < 1.29 is 32.4 Å². The second kappa shape index (κ2) is 8.00. The lowest BCUT2D eigenvalue weighted by Crippen LogP contribution is -3.15. The number of nitrogens with one attached hydrogen (secondary N) is 2. The largest absolute Gasteiger partial charge is 0.450 e. The summed E-state index contributed by atoms with van der Waals surface area (Å²) in [4.78, 5) is 26.0. The van der Waals surface area contributed by atoms with Crippen LogP contribution in [0, 0.1) is 17.5 Å². The third kappa shape index (κ3) is 4.38. The van der Waals surface area contributed by atoms with Crippen molar-refractivity contribution >= 4 is 17.7 Å². The highest BCUT2D eigenvalue weighted by Gasteiger charge is 2.26. The van der Waals surface area contributed by atoms with Crippen molar-refractivity contribution in [2.45, 2.75) is 6.92 Å². The normalized spacial score (nSPS) is 15.2. The summed E-state index contributed by atoms with van der Waals surface area (Å²) in [6, 6.07) is 1.72. The summed E-state index contributed by atoms with van der Waals surface area (Å²) in [6.07, 6.45) is -0.384. The first-order valence-corrected chi connectivity index (χ1v) is 7.61. The highest BCUT2D eigenvalue weighted by Crippen LogP contribution is 2.19. The fourth-order valence-electron chi connectivity index (χ4n) is 2.44. The molecule has 2 rings (SSSR count). The molecule has 1 aliphatic rings. The van der Waals surface area contributed by atoms with Crippen molar-refractivity contribution in [3.8, 4) is 0 Å². The molecule has 0 aliphatic carbocycles. The predicted molar refractivity (Wildman–Crippen MR) is 79.1 cm³/mol. The van der Waals surface area contributed by atoms with E-state index in [0.29, 0.717) is 32.8 Å². The van der Waals surface area contributed by atoms with Crippen LogP contribution >= 0.6 is 0 Å².